The number of sulfonamides is 1. The first-order valence-corrected chi connectivity index (χ1v) is 7.61. The monoisotopic (exact) mass is 299 g/mol. The Kier molecular flexibility index (Phi) is 4.47. The fourth-order valence-corrected chi connectivity index (χ4v) is 2.84. The molecule has 110 valence electrons. The van der Waals surface area contributed by atoms with Gasteiger partial charge >= 0.3 is 0 Å². The minimum absolute atomic E-state index is 0.00969. The molecule has 0 aliphatic rings. The van der Waals surface area contributed by atoms with E-state index in [1.165, 1.54) is 6.33 Å². The summed E-state index contributed by atoms with van der Waals surface area (Å²) in [4.78, 5) is 3.86. The maximum absolute atomic E-state index is 12.2. The average Bonchev–Trinajstić information content (AvgIpc) is 3.04. The minimum Gasteiger partial charge on any atom is -0.313 e. The van der Waals surface area contributed by atoms with Crippen molar-refractivity contribution in [1.29, 1.82) is 0 Å². The molecular formula is C10H17N7O2S. The van der Waals surface area contributed by atoms with Gasteiger partial charge in [0, 0.05) is 17.8 Å². The van der Waals surface area contributed by atoms with Crippen molar-refractivity contribution >= 4 is 10.0 Å². The van der Waals surface area contributed by atoms with Gasteiger partial charge in [0.15, 0.2) is 5.03 Å². The first-order valence-electron chi connectivity index (χ1n) is 6.13. The molecule has 0 fully saturated rings. The highest BCUT2D eigenvalue weighted by Crippen LogP contribution is 2.16. The van der Waals surface area contributed by atoms with Crippen LogP contribution < -0.4 is 10.0 Å². The van der Waals surface area contributed by atoms with Crippen molar-refractivity contribution in [2.75, 3.05) is 6.54 Å². The van der Waals surface area contributed by atoms with E-state index < -0.39 is 10.0 Å². The van der Waals surface area contributed by atoms with E-state index in [2.05, 4.69) is 35.4 Å². The zero-order chi connectivity index (χ0) is 14.6. The van der Waals surface area contributed by atoms with E-state index in [4.69, 9.17) is 0 Å². The highest BCUT2D eigenvalue weighted by Gasteiger charge is 2.23. The molecule has 0 spiro atoms. The summed E-state index contributed by atoms with van der Waals surface area (Å²) in [5.41, 5.74) is 1.36. The first kappa shape index (κ1) is 14.6. The van der Waals surface area contributed by atoms with Crippen LogP contribution in [0.3, 0.4) is 0 Å². The maximum atomic E-state index is 12.2. The second-order valence-corrected chi connectivity index (χ2v) is 5.85. The van der Waals surface area contributed by atoms with Crippen molar-refractivity contribution in [1.82, 2.24) is 35.4 Å². The molecule has 0 aromatic carbocycles. The van der Waals surface area contributed by atoms with Crippen molar-refractivity contribution in [2.45, 2.75) is 32.0 Å². The Bertz CT molecular complexity index is 647. The van der Waals surface area contributed by atoms with E-state index in [1.807, 2.05) is 6.92 Å². The lowest BCUT2D eigenvalue weighted by atomic mass is 10.2. The van der Waals surface area contributed by atoms with E-state index >= 15 is 0 Å². The molecule has 0 bridgehead atoms. The van der Waals surface area contributed by atoms with E-state index in [-0.39, 0.29) is 11.6 Å². The third-order valence-corrected chi connectivity index (χ3v) is 4.11. The summed E-state index contributed by atoms with van der Waals surface area (Å²) in [6.45, 7) is 4.96. The van der Waals surface area contributed by atoms with Crippen LogP contribution in [0.25, 0.3) is 0 Å². The SMILES string of the molecule is CCNCc1c(S(=O)(=O)NCc2ncn[nH]2)n[nH]c1C. The van der Waals surface area contributed by atoms with Gasteiger partial charge in [-0.3, -0.25) is 10.2 Å². The number of hydrogen-bond donors (Lipinski definition) is 4. The van der Waals surface area contributed by atoms with Gasteiger partial charge in [-0.2, -0.15) is 10.2 Å². The number of aryl methyl sites for hydroxylation is 1. The second kappa shape index (κ2) is 6.11. The van der Waals surface area contributed by atoms with Gasteiger partial charge in [0.1, 0.15) is 12.2 Å². The van der Waals surface area contributed by atoms with Gasteiger partial charge in [-0.05, 0) is 13.5 Å². The summed E-state index contributed by atoms with van der Waals surface area (Å²) in [7, 11) is -3.70. The van der Waals surface area contributed by atoms with Crippen LogP contribution in [0.2, 0.25) is 0 Å². The molecule has 0 amide bonds. The summed E-state index contributed by atoms with van der Waals surface area (Å²) in [5, 5.41) is 15.9. The molecule has 4 N–H and O–H groups in total. The highest BCUT2D eigenvalue weighted by atomic mass is 32.2. The molecule has 2 aromatic rings. The van der Waals surface area contributed by atoms with E-state index in [9.17, 15) is 8.42 Å². The Morgan fingerprint density at radius 1 is 1.30 bits per heavy atom. The zero-order valence-electron chi connectivity index (χ0n) is 11.3. The Labute approximate surface area is 116 Å². The Morgan fingerprint density at radius 3 is 2.75 bits per heavy atom. The topological polar surface area (TPSA) is 128 Å². The summed E-state index contributed by atoms with van der Waals surface area (Å²) in [5.74, 6) is 0.439. The number of rotatable bonds is 7. The van der Waals surface area contributed by atoms with Gasteiger partial charge in [-0.25, -0.2) is 18.1 Å². The number of hydrogen-bond acceptors (Lipinski definition) is 6. The number of nitrogens with zero attached hydrogens (tertiary/aromatic N) is 3. The van der Waals surface area contributed by atoms with Crippen LogP contribution >= 0.6 is 0 Å². The summed E-state index contributed by atoms with van der Waals surface area (Å²) in [6, 6.07) is 0. The fraction of sp³-hybridized carbons (Fsp3) is 0.500. The standard InChI is InChI=1S/C10H17N7O2S/c1-3-11-4-8-7(2)15-17-10(8)20(18,19)14-5-9-12-6-13-16-9/h6,11,14H,3-5H2,1-2H3,(H,15,17)(H,12,13,16). The summed E-state index contributed by atoms with van der Waals surface area (Å²) < 4.78 is 26.9. The largest absolute Gasteiger partial charge is 0.313 e. The van der Waals surface area contributed by atoms with Gasteiger partial charge in [-0.1, -0.05) is 6.92 Å². The van der Waals surface area contributed by atoms with Crippen LogP contribution in [-0.4, -0.2) is 40.3 Å². The Morgan fingerprint density at radius 2 is 2.10 bits per heavy atom. The van der Waals surface area contributed by atoms with Gasteiger partial charge in [0.2, 0.25) is 0 Å². The zero-order valence-corrected chi connectivity index (χ0v) is 12.1. The predicted octanol–water partition coefficient (Wildman–Crippen LogP) is -0.576. The van der Waals surface area contributed by atoms with Crippen LogP contribution in [0.1, 0.15) is 24.0 Å². The Balaban J connectivity index is 2.16. The molecule has 0 unspecified atom stereocenters. The van der Waals surface area contributed by atoms with Crippen LogP contribution in [0.15, 0.2) is 11.4 Å². The van der Waals surface area contributed by atoms with Crippen LogP contribution in [0.5, 0.6) is 0 Å². The number of H-pyrrole nitrogens is 2. The molecule has 0 atom stereocenters. The van der Waals surface area contributed by atoms with E-state index in [1.54, 1.807) is 6.92 Å². The third-order valence-electron chi connectivity index (χ3n) is 2.74. The summed E-state index contributed by atoms with van der Waals surface area (Å²) in [6.07, 6.45) is 1.32. The highest BCUT2D eigenvalue weighted by molar-refractivity contribution is 7.89. The molecule has 0 aliphatic heterocycles. The molecule has 0 saturated carbocycles. The maximum Gasteiger partial charge on any atom is 0.260 e. The van der Waals surface area contributed by atoms with Crippen molar-refractivity contribution in [2.24, 2.45) is 0 Å². The smallest absolute Gasteiger partial charge is 0.260 e. The van der Waals surface area contributed by atoms with Crippen LogP contribution in [-0.2, 0) is 23.1 Å². The van der Waals surface area contributed by atoms with Gasteiger partial charge in [0.25, 0.3) is 10.0 Å². The lowest BCUT2D eigenvalue weighted by Gasteiger charge is -2.06. The van der Waals surface area contributed by atoms with Crippen molar-refractivity contribution in [3.05, 3.63) is 23.4 Å². The minimum atomic E-state index is -3.70. The molecule has 0 radical (unpaired) electrons. The molecule has 0 aliphatic carbocycles. The lowest BCUT2D eigenvalue weighted by molar-refractivity contribution is 0.572. The molecular weight excluding hydrogens is 282 g/mol. The van der Waals surface area contributed by atoms with Crippen molar-refractivity contribution < 1.29 is 8.42 Å². The molecule has 2 rings (SSSR count). The van der Waals surface area contributed by atoms with Gasteiger partial charge < -0.3 is 5.32 Å². The number of aromatic nitrogens is 5. The molecule has 10 heteroatoms. The number of aromatic amines is 2. The number of nitrogens with one attached hydrogen (secondary N) is 4. The van der Waals surface area contributed by atoms with E-state index in [0.29, 0.717) is 17.9 Å². The lowest BCUT2D eigenvalue weighted by Crippen LogP contribution is -2.26. The quantitative estimate of drug-likeness (QED) is 0.541. The average molecular weight is 299 g/mol. The van der Waals surface area contributed by atoms with Crippen LogP contribution in [0.4, 0.5) is 0 Å². The second-order valence-electron chi connectivity index (χ2n) is 4.17. The predicted molar refractivity (Wildman–Crippen MR) is 71.1 cm³/mol. The van der Waals surface area contributed by atoms with E-state index in [0.717, 1.165) is 12.2 Å². The fourth-order valence-electron chi connectivity index (χ4n) is 1.66. The third kappa shape index (κ3) is 3.21. The molecule has 2 heterocycles. The normalized spacial score (nSPS) is 11.9. The Hall–Kier alpha value is -1.78. The van der Waals surface area contributed by atoms with Crippen molar-refractivity contribution in [3.8, 4) is 0 Å². The summed E-state index contributed by atoms with van der Waals surface area (Å²) >= 11 is 0. The molecule has 0 saturated heterocycles. The molecule has 20 heavy (non-hydrogen) atoms. The molecule has 2 aromatic heterocycles. The van der Waals surface area contributed by atoms with Gasteiger partial charge in [0.05, 0.1) is 6.54 Å². The van der Waals surface area contributed by atoms with Crippen molar-refractivity contribution in [3.63, 3.8) is 0 Å². The van der Waals surface area contributed by atoms with Crippen LogP contribution in [0, 0.1) is 6.92 Å². The first-order chi connectivity index (χ1) is 9.54. The molecule has 9 nitrogen and oxygen atoms in total. The van der Waals surface area contributed by atoms with Gasteiger partial charge in [-0.15, -0.1) is 0 Å².